The Morgan fingerprint density at radius 1 is 1.38 bits per heavy atom. The van der Waals surface area contributed by atoms with Gasteiger partial charge in [-0.3, -0.25) is 4.79 Å². The Morgan fingerprint density at radius 3 is 2.86 bits per heavy atom. The molecule has 1 aliphatic carbocycles. The van der Waals surface area contributed by atoms with Crippen molar-refractivity contribution in [2.75, 3.05) is 18.5 Å². The number of hydrogen-bond acceptors (Lipinski definition) is 3. The second kappa shape index (κ2) is 6.24. The van der Waals surface area contributed by atoms with Gasteiger partial charge in [0.05, 0.1) is 0 Å². The third kappa shape index (κ3) is 3.33. The van der Waals surface area contributed by atoms with Gasteiger partial charge in [-0.2, -0.15) is 0 Å². The van der Waals surface area contributed by atoms with Crippen LogP contribution in [0.4, 0.5) is 5.69 Å². The van der Waals surface area contributed by atoms with Crippen molar-refractivity contribution in [2.24, 2.45) is 0 Å². The number of rotatable bonds is 5. The number of anilines is 1. The summed E-state index contributed by atoms with van der Waals surface area (Å²) < 4.78 is 0. The Morgan fingerprint density at radius 2 is 2.19 bits per heavy atom. The average molecular weight is 308 g/mol. The van der Waals surface area contributed by atoms with Gasteiger partial charge in [0, 0.05) is 36.9 Å². The molecule has 2 aliphatic rings. The van der Waals surface area contributed by atoms with Gasteiger partial charge in [-0.05, 0) is 43.4 Å². The minimum atomic E-state index is -0.0681. The van der Waals surface area contributed by atoms with Gasteiger partial charge in [0.1, 0.15) is 6.04 Å². The summed E-state index contributed by atoms with van der Waals surface area (Å²) in [4.78, 5) is 14.1. The standard InChI is InChI=1S/C16H22ClN3O/c1-18-16(21)15-3-2-8-20(15)13-7-4-11(14(17)9-13)10-19-12-5-6-12/h4,7,9,12,15,19H,2-3,5-6,8,10H2,1H3,(H,18,21). The zero-order chi connectivity index (χ0) is 14.8. The number of halogens is 1. The summed E-state index contributed by atoms with van der Waals surface area (Å²) in [5, 5.41) is 7.01. The largest absolute Gasteiger partial charge is 0.359 e. The highest BCUT2D eigenvalue weighted by molar-refractivity contribution is 6.31. The van der Waals surface area contributed by atoms with Gasteiger partial charge < -0.3 is 15.5 Å². The van der Waals surface area contributed by atoms with Gasteiger partial charge in [-0.1, -0.05) is 17.7 Å². The van der Waals surface area contributed by atoms with Crippen molar-refractivity contribution in [1.29, 1.82) is 0 Å². The molecule has 2 N–H and O–H groups in total. The van der Waals surface area contributed by atoms with Crippen molar-refractivity contribution in [3.8, 4) is 0 Å². The van der Waals surface area contributed by atoms with Crippen molar-refractivity contribution in [3.63, 3.8) is 0 Å². The summed E-state index contributed by atoms with van der Waals surface area (Å²) in [7, 11) is 1.69. The number of likely N-dealkylation sites (N-methyl/N-ethyl adjacent to an activating group) is 1. The van der Waals surface area contributed by atoms with Gasteiger partial charge in [-0.15, -0.1) is 0 Å². The van der Waals surface area contributed by atoms with Crippen LogP contribution in [0.1, 0.15) is 31.2 Å². The molecule has 0 aromatic heterocycles. The van der Waals surface area contributed by atoms with Gasteiger partial charge in [0.15, 0.2) is 0 Å². The molecule has 0 spiro atoms. The van der Waals surface area contributed by atoms with E-state index in [0.29, 0.717) is 6.04 Å². The molecule has 21 heavy (non-hydrogen) atoms. The Labute approximate surface area is 130 Å². The van der Waals surface area contributed by atoms with Crippen LogP contribution in [0.5, 0.6) is 0 Å². The molecule has 1 saturated heterocycles. The number of hydrogen-bond donors (Lipinski definition) is 2. The van der Waals surface area contributed by atoms with Crippen LogP contribution < -0.4 is 15.5 Å². The molecule has 3 rings (SSSR count). The third-order valence-corrected chi connectivity index (χ3v) is 4.68. The maximum atomic E-state index is 11.9. The Hall–Kier alpha value is -1.26. The highest BCUT2D eigenvalue weighted by atomic mass is 35.5. The SMILES string of the molecule is CNC(=O)C1CCCN1c1ccc(CNC2CC2)c(Cl)c1. The second-order valence-electron chi connectivity index (χ2n) is 5.90. The smallest absolute Gasteiger partial charge is 0.242 e. The van der Waals surface area contributed by atoms with E-state index in [1.54, 1.807) is 7.05 Å². The maximum Gasteiger partial charge on any atom is 0.242 e. The van der Waals surface area contributed by atoms with Crippen LogP contribution >= 0.6 is 11.6 Å². The van der Waals surface area contributed by atoms with E-state index in [-0.39, 0.29) is 11.9 Å². The summed E-state index contributed by atoms with van der Waals surface area (Å²) in [5.74, 6) is 0.0862. The summed E-state index contributed by atoms with van der Waals surface area (Å²) in [5.41, 5.74) is 2.17. The molecule has 0 bridgehead atoms. The number of carbonyl (C=O) groups excluding carboxylic acids is 1. The lowest BCUT2D eigenvalue weighted by Gasteiger charge is -2.26. The van der Waals surface area contributed by atoms with Gasteiger partial charge in [0.2, 0.25) is 5.91 Å². The molecular weight excluding hydrogens is 286 g/mol. The van der Waals surface area contributed by atoms with Gasteiger partial charge in [-0.25, -0.2) is 0 Å². The number of nitrogens with one attached hydrogen (secondary N) is 2. The summed E-state index contributed by atoms with van der Waals surface area (Å²) in [6.07, 6.45) is 4.50. The molecule has 1 amide bonds. The first-order valence-electron chi connectivity index (χ1n) is 7.69. The van der Waals surface area contributed by atoms with E-state index in [1.807, 2.05) is 6.07 Å². The quantitative estimate of drug-likeness (QED) is 0.877. The van der Waals surface area contributed by atoms with Crippen LogP contribution in [0.15, 0.2) is 18.2 Å². The lowest BCUT2D eigenvalue weighted by Crippen LogP contribution is -2.42. The normalized spacial score (nSPS) is 21.6. The Bertz CT molecular complexity index is 530. The fourth-order valence-electron chi connectivity index (χ4n) is 2.91. The van der Waals surface area contributed by atoms with Crippen LogP contribution in [0.2, 0.25) is 5.02 Å². The number of amides is 1. The van der Waals surface area contributed by atoms with Crippen molar-refractivity contribution in [3.05, 3.63) is 28.8 Å². The zero-order valence-electron chi connectivity index (χ0n) is 12.4. The highest BCUT2D eigenvalue weighted by Crippen LogP contribution is 2.30. The third-order valence-electron chi connectivity index (χ3n) is 4.33. The second-order valence-corrected chi connectivity index (χ2v) is 6.30. The summed E-state index contributed by atoms with van der Waals surface area (Å²) in [6.45, 7) is 1.73. The molecule has 4 nitrogen and oxygen atoms in total. The zero-order valence-corrected chi connectivity index (χ0v) is 13.1. The average Bonchev–Trinajstić information content (AvgIpc) is 3.19. The molecular formula is C16H22ClN3O. The van der Waals surface area contributed by atoms with E-state index in [9.17, 15) is 4.79 Å². The molecule has 1 saturated carbocycles. The van der Waals surface area contributed by atoms with E-state index in [2.05, 4.69) is 27.7 Å². The molecule has 114 valence electrons. The van der Waals surface area contributed by atoms with E-state index in [0.717, 1.165) is 42.2 Å². The van der Waals surface area contributed by atoms with Gasteiger partial charge >= 0.3 is 0 Å². The van der Waals surface area contributed by atoms with Crippen LogP contribution in [0.3, 0.4) is 0 Å². The van der Waals surface area contributed by atoms with Crippen LogP contribution in [0, 0.1) is 0 Å². The summed E-state index contributed by atoms with van der Waals surface area (Å²) >= 11 is 6.41. The Balaban J connectivity index is 1.72. The fourth-order valence-corrected chi connectivity index (χ4v) is 3.16. The fraction of sp³-hybridized carbons (Fsp3) is 0.562. The number of benzene rings is 1. The van der Waals surface area contributed by atoms with Crippen LogP contribution in [-0.2, 0) is 11.3 Å². The van der Waals surface area contributed by atoms with E-state index >= 15 is 0 Å². The Kier molecular flexibility index (Phi) is 4.36. The molecule has 1 heterocycles. The van der Waals surface area contributed by atoms with Crippen molar-refractivity contribution in [2.45, 2.75) is 44.3 Å². The predicted octanol–water partition coefficient (Wildman–Crippen LogP) is 2.31. The first-order chi connectivity index (χ1) is 10.2. The number of carbonyl (C=O) groups is 1. The van der Waals surface area contributed by atoms with Crippen molar-refractivity contribution >= 4 is 23.2 Å². The molecule has 1 unspecified atom stereocenters. The monoisotopic (exact) mass is 307 g/mol. The van der Waals surface area contributed by atoms with E-state index in [1.165, 1.54) is 12.8 Å². The molecule has 0 radical (unpaired) electrons. The molecule has 1 aliphatic heterocycles. The molecule has 1 aromatic carbocycles. The van der Waals surface area contributed by atoms with Crippen LogP contribution in [-0.4, -0.2) is 31.6 Å². The molecule has 1 aromatic rings. The lowest BCUT2D eigenvalue weighted by molar-refractivity contribution is -0.121. The summed E-state index contributed by atoms with van der Waals surface area (Å²) in [6, 6.07) is 6.76. The highest BCUT2D eigenvalue weighted by Gasteiger charge is 2.30. The molecule has 1 atom stereocenters. The van der Waals surface area contributed by atoms with Crippen molar-refractivity contribution in [1.82, 2.24) is 10.6 Å². The van der Waals surface area contributed by atoms with E-state index in [4.69, 9.17) is 11.6 Å². The van der Waals surface area contributed by atoms with Gasteiger partial charge in [0.25, 0.3) is 0 Å². The first-order valence-corrected chi connectivity index (χ1v) is 8.07. The minimum absolute atomic E-state index is 0.0681. The molecule has 2 fully saturated rings. The minimum Gasteiger partial charge on any atom is -0.359 e. The van der Waals surface area contributed by atoms with E-state index < -0.39 is 0 Å². The van der Waals surface area contributed by atoms with Crippen molar-refractivity contribution < 1.29 is 4.79 Å². The lowest BCUT2D eigenvalue weighted by atomic mass is 10.1. The maximum absolute atomic E-state index is 11.9. The number of nitrogens with zero attached hydrogens (tertiary/aromatic N) is 1. The first kappa shape index (κ1) is 14.7. The van der Waals surface area contributed by atoms with Crippen LogP contribution in [0.25, 0.3) is 0 Å². The predicted molar refractivity (Wildman–Crippen MR) is 85.7 cm³/mol. The molecule has 5 heteroatoms. The topological polar surface area (TPSA) is 44.4 Å².